The topological polar surface area (TPSA) is 46.9 Å². The van der Waals surface area contributed by atoms with Crippen LogP contribution < -0.4 is 0 Å². The lowest BCUT2D eigenvalue weighted by molar-refractivity contribution is 0.218. The van der Waals surface area contributed by atoms with E-state index in [1.807, 2.05) is 12.1 Å². The Morgan fingerprint density at radius 2 is 1.00 bits per heavy atom. The minimum absolute atomic E-state index is 0.381. The van der Waals surface area contributed by atoms with Gasteiger partial charge in [-0.05, 0) is 87.3 Å². The largest absolute Gasteiger partial charge is 0.508 e. The molecule has 2 aliphatic rings. The summed E-state index contributed by atoms with van der Waals surface area (Å²) < 4.78 is 0. The summed E-state index contributed by atoms with van der Waals surface area (Å²) in [6.45, 7) is 6.10. The zero-order valence-corrected chi connectivity index (χ0v) is 17.9. The maximum absolute atomic E-state index is 10.3. The third kappa shape index (κ3) is 5.65. The Balaban J connectivity index is 1.45. The molecule has 2 aromatic carbocycles. The average Bonchev–Trinajstić information content (AvgIpc) is 2.78. The molecule has 0 atom stereocenters. The summed E-state index contributed by atoms with van der Waals surface area (Å²) in [5.41, 5.74) is 4.17. The molecule has 2 aliphatic heterocycles. The number of nitrogens with zero attached hydrogens (tertiary/aromatic N) is 2. The van der Waals surface area contributed by atoms with Crippen LogP contribution in [0.2, 0.25) is 0 Å². The average molecular weight is 407 g/mol. The van der Waals surface area contributed by atoms with Crippen LogP contribution in [0.4, 0.5) is 0 Å². The standard InChI is InChI=1S/C26H34N2O2/c29-25-11-9-21(17-23(25)19-27-13-3-1-4-14-27)7-8-22-10-12-26(30)24(18-22)20-28-15-5-2-6-16-28/h7-12,17-18,29-30H,1-6,13-16,19-20H2. The Morgan fingerprint density at radius 3 is 1.40 bits per heavy atom. The van der Waals surface area contributed by atoms with Crippen molar-refractivity contribution in [1.82, 2.24) is 9.80 Å². The molecule has 2 saturated heterocycles. The van der Waals surface area contributed by atoms with Gasteiger partial charge in [-0.1, -0.05) is 37.1 Å². The first-order valence-corrected chi connectivity index (χ1v) is 11.4. The Morgan fingerprint density at radius 1 is 0.600 bits per heavy atom. The molecule has 0 radical (unpaired) electrons. The lowest BCUT2D eigenvalue weighted by Crippen LogP contribution is -2.29. The van der Waals surface area contributed by atoms with Gasteiger partial charge in [0.05, 0.1) is 0 Å². The summed E-state index contributed by atoms with van der Waals surface area (Å²) in [5, 5.41) is 20.6. The van der Waals surface area contributed by atoms with E-state index in [-0.39, 0.29) is 0 Å². The van der Waals surface area contributed by atoms with Crippen molar-refractivity contribution in [2.45, 2.75) is 51.6 Å². The number of piperidine rings is 2. The van der Waals surface area contributed by atoms with E-state index in [0.717, 1.165) is 61.5 Å². The monoisotopic (exact) mass is 406 g/mol. The number of rotatable bonds is 6. The summed E-state index contributed by atoms with van der Waals surface area (Å²) in [5.74, 6) is 0.761. The number of aromatic hydroxyl groups is 2. The highest BCUT2D eigenvalue weighted by Gasteiger charge is 2.14. The molecule has 0 aliphatic carbocycles. The van der Waals surface area contributed by atoms with E-state index in [9.17, 15) is 10.2 Å². The van der Waals surface area contributed by atoms with Crippen LogP contribution >= 0.6 is 0 Å². The summed E-state index contributed by atoms with van der Waals surface area (Å²) in [6.07, 6.45) is 11.8. The van der Waals surface area contributed by atoms with Crippen molar-refractivity contribution in [1.29, 1.82) is 0 Å². The highest BCUT2D eigenvalue weighted by atomic mass is 16.3. The minimum atomic E-state index is 0.381. The number of benzene rings is 2. The molecule has 4 heteroatoms. The predicted octanol–water partition coefficient (Wildman–Crippen LogP) is 5.24. The second-order valence-corrected chi connectivity index (χ2v) is 8.78. The highest BCUT2D eigenvalue weighted by Crippen LogP contribution is 2.25. The fourth-order valence-corrected chi connectivity index (χ4v) is 4.58. The Bertz CT molecular complexity index is 794. The van der Waals surface area contributed by atoms with Gasteiger partial charge in [0.1, 0.15) is 11.5 Å². The van der Waals surface area contributed by atoms with Gasteiger partial charge in [0.25, 0.3) is 0 Å². The molecule has 2 fully saturated rings. The van der Waals surface area contributed by atoms with Crippen LogP contribution in [0.3, 0.4) is 0 Å². The van der Waals surface area contributed by atoms with Crippen molar-refractivity contribution < 1.29 is 10.2 Å². The summed E-state index contributed by atoms with van der Waals surface area (Å²) in [7, 11) is 0. The van der Waals surface area contributed by atoms with Crippen LogP contribution in [0.15, 0.2) is 36.4 Å². The molecule has 0 aromatic heterocycles. The Hall–Kier alpha value is -2.30. The predicted molar refractivity (Wildman–Crippen MR) is 123 cm³/mol. The number of phenolic OH excluding ortho intramolecular Hbond substituents is 2. The van der Waals surface area contributed by atoms with Crippen LogP contribution in [0.1, 0.15) is 60.8 Å². The molecule has 2 aromatic rings. The zero-order valence-electron chi connectivity index (χ0n) is 17.9. The first kappa shape index (κ1) is 21.0. The SMILES string of the molecule is Oc1ccc(C=Cc2ccc(O)c(CN3CCCCC3)c2)cc1CN1CCCCC1. The second kappa shape index (κ2) is 10.1. The van der Waals surface area contributed by atoms with Gasteiger partial charge in [-0.2, -0.15) is 0 Å². The van der Waals surface area contributed by atoms with Gasteiger partial charge in [-0.3, -0.25) is 9.80 Å². The van der Waals surface area contributed by atoms with Crippen molar-refractivity contribution in [3.05, 3.63) is 58.7 Å². The van der Waals surface area contributed by atoms with Gasteiger partial charge in [0, 0.05) is 24.2 Å². The highest BCUT2D eigenvalue weighted by molar-refractivity contribution is 5.71. The first-order valence-electron chi connectivity index (χ1n) is 11.4. The number of phenols is 2. The van der Waals surface area contributed by atoms with Crippen molar-refractivity contribution in [3.63, 3.8) is 0 Å². The van der Waals surface area contributed by atoms with Crippen molar-refractivity contribution in [2.24, 2.45) is 0 Å². The van der Waals surface area contributed by atoms with Gasteiger partial charge in [0.15, 0.2) is 0 Å². The van der Waals surface area contributed by atoms with E-state index in [0.29, 0.717) is 11.5 Å². The van der Waals surface area contributed by atoms with Crippen LogP contribution in [0.25, 0.3) is 12.2 Å². The molecule has 0 amide bonds. The maximum atomic E-state index is 10.3. The molecular weight excluding hydrogens is 372 g/mol. The molecule has 160 valence electrons. The van der Waals surface area contributed by atoms with Crippen LogP contribution in [-0.4, -0.2) is 46.2 Å². The van der Waals surface area contributed by atoms with E-state index in [1.54, 1.807) is 12.1 Å². The summed E-state index contributed by atoms with van der Waals surface area (Å²) in [4.78, 5) is 4.86. The Labute approximate surface area is 180 Å². The fraction of sp³-hybridized carbons (Fsp3) is 0.462. The van der Waals surface area contributed by atoms with E-state index in [2.05, 4.69) is 34.1 Å². The van der Waals surface area contributed by atoms with Gasteiger partial charge in [0.2, 0.25) is 0 Å². The zero-order chi connectivity index (χ0) is 20.8. The number of likely N-dealkylation sites (tertiary alicyclic amines) is 2. The van der Waals surface area contributed by atoms with Crippen LogP contribution in [0.5, 0.6) is 11.5 Å². The minimum Gasteiger partial charge on any atom is -0.508 e. The lowest BCUT2D eigenvalue weighted by atomic mass is 10.0. The normalized spacial score (nSPS) is 18.8. The van der Waals surface area contributed by atoms with Gasteiger partial charge >= 0.3 is 0 Å². The third-order valence-electron chi connectivity index (χ3n) is 6.36. The van der Waals surface area contributed by atoms with Crippen molar-refractivity contribution in [2.75, 3.05) is 26.2 Å². The van der Waals surface area contributed by atoms with Gasteiger partial charge in [-0.15, -0.1) is 0 Å². The van der Waals surface area contributed by atoms with Crippen LogP contribution in [0, 0.1) is 0 Å². The lowest BCUT2D eigenvalue weighted by Gasteiger charge is -2.26. The van der Waals surface area contributed by atoms with Crippen LogP contribution in [-0.2, 0) is 13.1 Å². The molecule has 2 N–H and O–H groups in total. The van der Waals surface area contributed by atoms with Gasteiger partial charge < -0.3 is 10.2 Å². The van der Waals surface area contributed by atoms with E-state index in [4.69, 9.17) is 0 Å². The smallest absolute Gasteiger partial charge is 0.120 e. The second-order valence-electron chi connectivity index (χ2n) is 8.78. The molecule has 0 bridgehead atoms. The van der Waals surface area contributed by atoms with Crippen molar-refractivity contribution in [3.8, 4) is 11.5 Å². The molecule has 4 nitrogen and oxygen atoms in total. The molecule has 2 heterocycles. The molecule has 0 saturated carbocycles. The summed E-state index contributed by atoms with van der Waals surface area (Å²) in [6, 6.07) is 11.7. The molecule has 4 rings (SSSR count). The van der Waals surface area contributed by atoms with E-state index < -0.39 is 0 Å². The molecular formula is C26H34N2O2. The third-order valence-corrected chi connectivity index (χ3v) is 6.36. The number of hydrogen-bond acceptors (Lipinski definition) is 4. The van der Waals surface area contributed by atoms with E-state index in [1.165, 1.54) is 38.5 Å². The first-order chi connectivity index (χ1) is 14.7. The fourth-order valence-electron chi connectivity index (χ4n) is 4.58. The number of hydrogen-bond donors (Lipinski definition) is 2. The van der Waals surface area contributed by atoms with Crippen molar-refractivity contribution >= 4 is 12.2 Å². The Kier molecular flexibility index (Phi) is 7.08. The quantitative estimate of drug-likeness (QED) is 0.644. The summed E-state index contributed by atoms with van der Waals surface area (Å²) >= 11 is 0. The van der Waals surface area contributed by atoms with Gasteiger partial charge in [-0.25, -0.2) is 0 Å². The molecule has 30 heavy (non-hydrogen) atoms. The maximum Gasteiger partial charge on any atom is 0.120 e. The molecule has 0 spiro atoms. The van der Waals surface area contributed by atoms with E-state index >= 15 is 0 Å². The molecule has 0 unspecified atom stereocenters.